The minimum Gasteiger partial charge on any atom is -0.497 e. The fourth-order valence-electron chi connectivity index (χ4n) is 2.17. The minimum atomic E-state index is -0.936. The molecule has 1 aromatic heterocycles. The highest BCUT2D eigenvalue weighted by Crippen LogP contribution is 2.30. The SMILES string of the molecule is COc1cccc(-c2ccc(C(=O)N[C@H](C(C)=O)[C@@H](C)O)s2)c1. The highest BCUT2D eigenvalue weighted by molar-refractivity contribution is 7.17. The van der Waals surface area contributed by atoms with Crippen LogP contribution in [0.5, 0.6) is 5.75 Å². The Morgan fingerprint density at radius 2 is 2.00 bits per heavy atom. The summed E-state index contributed by atoms with van der Waals surface area (Å²) < 4.78 is 5.20. The first-order valence-electron chi connectivity index (χ1n) is 7.16. The van der Waals surface area contributed by atoms with Crippen LogP contribution in [0.1, 0.15) is 23.5 Å². The summed E-state index contributed by atoms with van der Waals surface area (Å²) in [6.07, 6.45) is -0.936. The number of nitrogens with one attached hydrogen (secondary N) is 1. The molecule has 0 saturated heterocycles. The second-order valence-electron chi connectivity index (χ2n) is 5.20. The molecule has 2 rings (SSSR count). The van der Waals surface area contributed by atoms with Gasteiger partial charge in [0.25, 0.3) is 5.91 Å². The lowest BCUT2D eigenvalue weighted by atomic mass is 10.1. The first-order chi connectivity index (χ1) is 10.9. The molecule has 0 saturated carbocycles. The van der Waals surface area contributed by atoms with Crippen LogP contribution in [0, 0.1) is 0 Å². The van der Waals surface area contributed by atoms with Crippen molar-refractivity contribution in [2.45, 2.75) is 26.0 Å². The van der Waals surface area contributed by atoms with E-state index in [4.69, 9.17) is 4.74 Å². The number of ether oxygens (including phenoxy) is 1. The second kappa shape index (κ2) is 7.39. The van der Waals surface area contributed by atoms with Crippen LogP contribution in [-0.4, -0.2) is 36.1 Å². The van der Waals surface area contributed by atoms with Gasteiger partial charge in [-0.15, -0.1) is 11.3 Å². The summed E-state index contributed by atoms with van der Waals surface area (Å²) in [7, 11) is 1.60. The molecule has 0 bridgehead atoms. The second-order valence-corrected chi connectivity index (χ2v) is 6.28. The van der Waals surface area contributed by atoms with Crippen molar-refractivity contribution in [1.82, 2.24) is 5.32 Å². The van der Waals surface area contributed by atoms with Gasteiger partial charge in [-0.3, -0.25) is 9.59 Å². The Hall–Kier alpha value is -2.18. The van der Waals surface area contributed by atoms with Gasteiger partial charge in [0.2, 0.25) is 0 Å². The van der Waals surface area contributed by atoms with Crippen LogP contribution in [-0.2, 0) is 4.79 Å². The number of carbonyl (C=O) groups excluding carboxylic acids is 2. The van der Waals surface area contributed by atoms with Crippen LogP contribution in [0.25, 0.3) is 10.4 Å². The Balaban J connectivity index is 2.18. The molecule has 0 unspecified atom stereocenters. The maximum Gasteiger partial charge on any atom is 0.262 e. The van der Waals surface area contributed by atoms with Gasteiger partial charge in [-0.2, -0.15) is 0 Å². The number of Topliss-reactive ketones (excluding diaryl/α,β-unsaturated/α-hetero) is 1. The number of carbonyl (C=O) groups is 2. The van der Waals surface area contributed by atoms with Gasteiger partial charge in [-0.25, -0.2) is 0 Å². The lowest BCUT2D eigenvalue weighted by Gasteiger charge is -2.17. The van der Waals surface area contributed by atoms with Crippen molar-refractivity contribution < 1.29 is 19.4 Å². The highest BCUT2D eigenvalue weighted by atomic mass is 32.1. The molecule has 1 aromatic carbocycles. The summed E-state index contributed by atoms with van der Waals surface area (Å²) in [6, 6.07) is 10.2. The fourth-order valence-corrected chi connectivity index (χ4v) is 3.07. The van der Waals surface area contributed by atoms with E-state index in [9.17, 15) is 14.7 Å². The van der Waals surface area contributed by atoms with Crippen molar-refractivity contribution in [1.29, 1.82) is 0 Å². The van der Waals surface area contributed by atoms with Crippen LogP contribution in [0.2, 0.25) is 0 Å². The molecule has 0 fully saturated rings. The number of hydrogen-bond acceptors (Lipinski definition) is 5. The number of hydrogen-bond donors (Lipinski definition) is 2. The van der Waals surface area contributed by atoms with Crippen LogP contribution in [0.3, 0.4) is 0 Å². The normalized spacial score (nSPS) is 13.2. The standard InChI is InChI=1S/C17H19NO4S/c1-10(19)16(11(2)20)18-17(21)15-8-7-14(23-15)12-5-4-6-13(9-12)22-3/h4-10,16,19H,1-3H3,(H,18,21)/t10-,16+/m1/s1. The third kappa shape index (κ3) is 4.18. The lowest BCUT2D eigenvalue weighted by molar-refractivity contribution is -0.121. The van der Waals surface area contributed by atoms with Crippen molar-refractivity contribution in [3.05, 3.63) is 41.3 Å². The number of benzene rings is 1. The van der Waals surface area contributed by atoms with E-state index in [0.29, 0.717) is 4.88 Å². The van der Waals surface area contributed by atoms with E-state index in [-0.39, 0.29) is 11.7 Å². The van der Waals surface area contributed by atoms with Crippen LogP contribution >= 0.6 is 11.3 Å². The molecular formula is C17H19NO4S. The molecule has 1 amide bonds. The van der Waals surface area contributed by atoms with E-state index in [1.54, 1.807) is 13.2 Å². The van der Waals surface area contributed by atoms with Crippen LogP contribution < -0.4 is 10.1 Å². The summed E-state index contributed by atoms with van der Waals surface area (Å²) >= 11 is 1.32. The number of amides is 1. The van der Waals surface area contributed by atoms with Crippen molar-refractivity contribution in [3.8, 4) is 16.2 Å². The van der Waals surface area contributed by atoms with Crippen molar-refractivity contribution in [2.24, 2.45) is 0 Å². The topological polar surface area (TPSA) is 75.6 Å². The Kier molecular flexibility index (Phi) is 5.52. The lowest BCUT2D eigenvalue weighted by Crippen LogP contribution is -2.46. The Morgan fingerprint density at radius 1 is 1.26 bits per heavy atom. The van der Waals surface area contributed by atoms with E-state index in [2.05, 4.69) is 5.32 Å². The molecule has 2 N–H and O–H groups in total. The van der Waals surface area contributed by atoms with Crippen molar-refractivity contribution in [3.63, 3.8) is 0 Å². The van der Waals surface area contributed by atoms with Gasteiger partial charge in [-0.1, -0.05) is 12.1 Å². The molecule has 1 heterocycles. The predicted octanol–water partition coefficient (Wildman–Crippen LogP) is 2.49. The molecule has 2 aromatic rings. The average molecular weight is 333 g/mol. The molecule has 0 aliphatic rings. The van der Waals surface area contributed by atoms with Crippen molar-refractivity contribution >= 4 is 23.0 Å². The van der Waals surface area contributed by atoms with Gasteiger partial charge in [0, 0.05) is 4.88 Å². The summed E-state index contributed by atoms with van der Waals surface area (Å²) in [4.78, 5) is 25.1. The van der Waals surface area contributed by atoms with Gasteiger partial charge in [0.15, 0.2) is 5.78 Å². The van der Waals surface area contributed by atoms with Gasteiger partial charge in [0.05, 0.1) is 18.1 Å². The first-order valence-corrected chi connectivity index (χ1v) is 7.97. The van der Waals surface area contributed by atoms with E-state index in [0.717, 1.165) is 16.2 Å². The van der Waals surface area contributed by atoms with E-state index in [1.807, 2.05) is 30.3 Å². The van der Waals surface area contributed by atoms with E-state index >= 15 is 0 Å². The van der Waals surface area contributed by atoms with Gasteiger partial charge in [0.1, 0.15) is 11.8 Å². The van der Waals surface area contributed by atoms with Gasteiger partial charge >= 0.3 is 0 Å². The molecular weight excluding hydrogens is 314 g/mol. The fraction of sp³-hybridized carbons (Fsp3) is 0.294. The number of methoxy groups -OCH3 is 1. The zero-order valence-electron chi connectivity index (χ0n) is 13.2. The molecule has 0 aliphatic heterocycles. The highest BCUT2D eigenvalue weighted by Gasteiger charge is 2.23. The maximum absolute atomic E-state index is 12.2. The largest absolute Gasteiger partial charge is 0.497 e. The third-order valence-electron chi connectivity index (χ3n) is 3.39. The molecule has 0 radical (unpaired) electrons. The number of thiophene rings is 1. The first kappa shape index (κ1) is 17.2. The Bertz CT molecular complexity index is 708. The number of aliphatic hydroxyl groups excluding tert-OH is 1. The van der Waals surface area contributed by atoms with Gasteiger partial charge in [-0.05, 0) is 43.7 Å². The van der Waals surface area contributed by atoms with Crippen LogP contribution in [0.4, 0.5) is 0 Å². The zero-order valence-corrected chi connectivity index (χ0v) is 14.0. The molecule has 2 atom stereocenters. The smallest absolute Gasteiger partial charge is 0.262 e. The maximum atomic E-state index is 12.2. The molecule has 6 heteroatoms. The number of ketones is 1. The monoisotopic (exact) mass is 333 g/mol. The van der Waals surface area contributed by atoms with Crippen molar-refractivity contribution in [2.75, 3.05) is 7.11 Å². The number of rotatable bonds is 6. The quantitative estimate of drug-likeness (QED) is 0.851. The molecule has 0 spiro atoms. The third-order valence-corrected chi connectivity index (χ3v) is 4.52. The zero-order chi connectivity index (χ0) is 17.0. The molecule has 122 valence electrons. The Labute approximate surface area is 138 Å². The predicted molar refractivity (Wildman–Crippen MR) is 89.9 cm³/mol. The van der Waals surface area contributed by atoms with E-state index < -0.39 is 12.1 Å². The van der Waals surface area contributed by atoms with E-state index in [1.165, 1.54) is 25.2 Å². The minimum absolute atomic E-state index is 0.280. The summed E-state index contributed by atoms with van der Waals surface area (Å²) in [6.45, 7) is 2.82. The van der Waals surface area contributed by atoms with Gasteiger partial charge < -0.3 is 15.2 Å². The van der Waals surface area contributed by atoms with Crippen LogP contribution in [0.15, 0.2) is 36.4 Å². The summed E-state index contributed by atoms with van der Waals surface area (Å²) in [5.74, 6) is 0.0934. The summed E-state index contributed by atoms with van der Waals surface area (Å²) in [5, 5.41) is 12.1. The average Bonchev–Trinajstić information content (AvgIpc) is 3.01. The molecule has 23 heavy (non-hydrogen) atoms. The molecule has 5 nitrogen and oxygen atoms in total. The number of aliphatic hydroxyl groups is 1. The Morgan fingerprint density at radius 3 is 2.61 bits per heavy atom. The molecule has 0 aliphatic carbocycles. The summed E-state index contributed by atoms with van der Waals surface area (Å²) in [5.41, 5.74) is 0.951.